The topological polar surface area (TPSA) is 63.2 Å². The minimum Gasteiger partial charge on any atom is -0.295 e. The number of sulfonamides is 1. The number of hydrogen-bond acceptors (Lipinski definition) is 3. The van der Waals surface area contributed by atoms with Gasteiger partial charge in [0.15, 0.2) is 5.78 Å². The Hall–Kier alpha value is -1.47. The van der Waals surface area contributed by atoms with E-state index in [0.717, 1.165) is 6.07 Å². The number of carbonyl (C=O) groups excluding carboxylic acids is 1. The normalized spacial score (nSPS) is 12.9. The molecule has 8 heteroatoms. The van der Waals surface area contributed by atoms with E-state index in [2.05, 4.69) is 4.72 Å². The van der Waals surface area contributed by atoms with E-state index in [0.29, 0.717) is 0 Å². The Morgan fingerprint density at radius 3 is 2.46 bits per heavy atom. The van der Waals surface area contributed by atoms with Crippen LogP contribution in [-0.4, -0.2) is 14.2 Å². The Morgan fingerprint density at radius 1 is 1.17 bits per heavy atom. The molecule has 0 aromatic heterocycles. The summed E-state index contributed by atoms with van der Waals surface area (Å²) in [6.45, 7) is 2.87. The summed E-state index contributed by atoms with van der Waals surface area (Å²) < 4.78 is 41.0. The van der Waals surface area contributed by atoms with Gasteiger partial charge in [-0.3, -0.25) is 4.79 Å². The fraction of sp³-hybridized carbons (Fsp3) is 0.188. The lowest BCUT2D eigenvalue weighted by molar-refractivity contribution is 0.101. The van der Waals surface area contributed by atoms with Gasteiger partial charge < -0.3 is 0 Å². The summed E-state index contributed by atoms with van der Waals surface area (Å²) >= 11 is 11.6. The third-order valence-electron chi connectivity index (χ3n) is 3.39. The van der Waals surface area contributed by atoms with Crippen LogP contribution in [0.5, 0.6) is 0 Å². The number of benzene rings is 2. The quantitative estimate of drug-likeness (QED) is 0.609. The van der Waals surface area contributed by atoms with Crippen molar-refractivity contribution in [3.05, 3.63) is 63.4 Å². The smallest absolute Gasteiger partial charge is 0.241 e. The predicted octanol–water partition coefficient (Wildman–Crippen LogP) is 4.37. The van der Waals surface area contributed by atoms with Crippen LogP contribution in [0.4, 0.5) is 4.39 Å². The highest BCUT2D eigenvalue weighted by Crippen LogP contribution is 2.29. The van der Waals surface area contributed by atoms with E-state index in [4.69, 9.17) is 23.2 Å². The molecule has 4 nitrogen and oxygen atoms in total. The maximum Gasteiger partial charge on any atom is 0.241 e. The molecule has 0 aliphatic heterocycles. The van der Waals surface area contributed by atoms with E-state index in [1.807, 2.05) is 0 Å². The van der Waals surface area contributed by atoms with Crippen LogP contribution in [0.25, 0.3) is 0 Å². The predicted molar refractivity (Wildman–Crippen MR) is 91.6 cm³/mol. The molecule has 0 saturated heterocycles. The number of carbonyl (C=O) groups is 1. The van der Waals surface area contributed by atoms with Crippen molar-refractivity contribution in [1.82, 2.24) is 4.72 Å². The first-order chi connectivity index (χ1) is 11.1. The van der Waals surface area contributed by atoms with Gasteiger partial charge >= 0.3 is 0 Å². The molecule has 0 spiro atoms. The lowest BCUT2D eigenvalue weighted by Gasteiger charge is -2.17. The van der Waals surface area contributed by atoms with Crippen LogP contribution in [0.1, 0.15) is 35.8 Å². The molecule has 0 aliphatic carbocycles. The van der Waals surface area contributed by atoms with Crippen LogP contribution in [0.3, 0.4) is 0 Å². The largest absolute Gasteiger partial charge is 0.295 e. The first-order valence-electron chi connectivity index (χ1n) is 6.89. The number of nitrogens with one attached hydrogen (secondary N) is 1. The highest BCUT2D eigenvalue weighted by Gasteiger charge is 2.21. The monoisotopic (exact) mass is 389 g/mol. The Bertz CT molecular complexity index is 900. The molecule has 0 saturated carbocycles. The molecule has 0 radical (unpaired) electrons. The van der Waals surface area contributed by atoms with Crippen molar-refractivity contribution in [2.75, 3.05) is 0 Å². The maximum atomic E-state index is 13.6. The Morgan fingerprint density at radius 2 is 1.83 bits per heavy atom. The van der Waals surface area contributed by atoms with Crippen LogP contribution in [0.2, 0.25) is 10.0 Å². The summed E-state index contributed by atoms with van der Waals surface area (Å²) in [5.41, 5.74) is 0.533. The maximum absolute atomic E-state index is 13.6. The molecule has 24 heavy (non-hydrogen) atoms. The Balaban J connectivity index is 2.34. The molecule has 0 amide bonds. The molecule has 2 rings (SSSR count). The average Bonchev–Trinajstić information content (AvgIpc) is 2.50. The molecule has 0 fully saturated rings. The summed E-state index contributed by atoms with van der Waals surface area (Å²) in [6, 6.07) is 7.16. The lowest BCUT2D eigenvalue weighted by Crippen LogP contribution is -2.27. The van der Waals surface area contributed by atoms with Crippen molar-refractivity contribution in [3.8, 4) is 0 Å². The minimum absolute atomic E-state index is 0.0624. The second kappa shape index (κ2) is 7.19. The van der Waals surface area contributed by atoms with Gasteiger partial charge in [0, 0.05) is 16.6 Å². The first-order valence-corrected chi connectivity index (χ1v) is 9.13. The van der Waals surface area contributed by atoms with Crippen molar-refractivity contribution >= 4 is 39.0 Å². The highest BCUT2D eigenvalue weighted by molar-refractivity contribution is 7.89. The zero-order valence-corrected chi connectivity index (χ0v) is 15.1. The van der Waals surface area contributed by atoms with Crippen molar-refractivity contribution < 1.29 is 17.6 Å². The average molecular weight is 390 g/mol. The summed E-state index contributed by atoms with van der Waals surface area (Å²) in [6.07, 6.45) is 0. The molecular formula is C16H14Cl2FNO3S. The lowest BCUT2D eigenvalue weighted by atomic mass is 10.1. The van der Waals surface area contributed by atoms with Gasteiger partial charge in [0.2, 0.25) is 10.0 Å². The van der Waals surface area contributed by atoms with Gasteiger partial charge in [-0.1, -0.05) is 35.3 Å². The fourth-order valence-corrected chi connectivity index (χ4v) is 3.93. The summed E-state index contributed by atoms with van der Waals surface area (Å²) in [5.74, 6) is -0.941. The summed E-state index contributed by atoms with van der Waals surface area (Å²) in [7, 11) is -3.92. The van der Waals surface area contributed by atoms with Crippen molar-refractivity contribution in [2.24, 2.45) is 0 Å². The molecule has 1 atom stereocenters. The van der Waals surface area contributed by atoms with Gasteiger partial charge in [0.1, 0.15) is 5.82 Å². The van der Waals surface area contributed by atoms with Crippen LogP contribution >= 0.6 is 23.2 Å². The highest BCUT2D eigenvalue weighted by atomic mass is 35.5. The van der Waals surface area contributed by atoms with E-state index in [1.54, 1.807) is 0 Å². The molecule has 0 unspecified atom stereocenters. The van der Waals surface area contributed by atoms with Gasteiger partial charge in [-0.2, -0.15) is 0 Å². The zero-order chi connectivity index (χ0) is 18.1. The van der Waals surface area contributed by atoms with Gasteiger partial charge in [-0.15, -0.1) is 0 Å². The third kappa shape index (κ3) is 4.13. The standard InChI is InChI=1S/C16H14Cl2FNO3S/c1-9(13-7-16(19)15(18)8-14(13)17)20-24(22,23)12-5-3-4-11(6-12)10(2)21/h3-9,20H,1-2H3/t9-/m1/s1. The third-order valence-corrected chi connectivity index (χ3v) is 5.54. The fourth-order valence-electron chi connectivity index (χ4n) is 2.12. The Labute approximate surface area is 149 Å². The number of rotatable bonds is 5. The number of hydrogen-bond donors (Lipinski definition) is 1. The van der Waals surface area contributed by atoms with Crippen LogP contribution in [0.15, 0.2) is 41.3 Å². The Kier molecular flexibility index (Phi) is 5.65. The first kappa shape index (κ1) is 18.9. The second-order valence-corrected chi connectivity index (χ2v) is 7.74. The van der Waals surface area contributed by atoms with E-state index >= 15 is 0 Å². The summed E-state index contributed by atoms with van der Waals surface area (Å²) in [4.78, 5) is 11.3. The van der Waals surface area contributed by atoms with E-state index in [1.165, 1.54) is 44.2 Å². The van der Waals surface area contributed by atoms with E-state index in [-0.39, 0.29) is 31.9 Å². The van der Waals surface area contributed by atoms with Crippen LogP contribution in [0, 0.1) is 5.82 Å². The van der Waals surface area contributed by atoms with Gasteiger partial charge in [0.25, 0.3) is 0 Å². The van der Waals surface area contributed by atoms with Crippen LogP contribution in [-0.2, 0) is 10.0 Å². The minimum atomic E-state index is -3.92. The summed E-state index contributed by atoms with van der Waals surface area (Å²) in [5, 5.41) is 0.00190. The van der Waals surface area contributed by atoms with Gasteiger partial charge in [-0.25, -0.2) is 17.5 Å². The van der Waals surface area contributed by atoms with E-state index < -0.39 is 21.9 Å². The molecule has 0 heterocycles. The molecule has 1 N–H and O–H groups in total. The number of ketones is 1. The second-order valence-electron chi connectivity index (χ2n) is 5.21. The van der Waals surface area contributed by atoms with Crippen molar-refractivity contribution in [1.29, 1.82) is 0 Å². The van der Waals surface area contributed by atoms with Crippen molar-refractivity contribution in [3.63, 3.8) is 0 Å². The molecule has 0 bridgehead atoms. The van der Waals surface area contributed by atoms with Crippen LogP contribution < -0.4 is 4.72 Å². The number of Topliss-reactive ketones (excluding diaryl/α,β-unsaturated/α-hetero) is 1. The van der Waals surface area contributed by atoms with Crippen molar-refractivity contribution in [2.45, 2.75) is 24.8 Å². The van der Waals surface area contributed by atoms with Gasteiger partial charge in [-0.05, 0) is 43.7 Å². The van der Waals surface area contributed by atoms with Gasteiger partial charge in [0.05, 0.1) is 9.92 Å². The molecular weight excluding hydrogens is 376 g/mol. The molecule has 0 aliphatic rings. The zero-order valence-electron chi connectivity index (χ0n) is 12.8. The molecule has 2 aromatic carbocycles. The number of halogens is 3. The molecule has 128 valence electrons. The SMILES string of the molecule is CC(=O)c1cccc(S(=O)(=O)N[C@H](C)c2cc(F)c(Cl)cc2Cl)c1. The molecule has 2 aromatic rings. The van der Waals surface area contributed by atoms with E-state index in [9.17, 15) is 17.6 Å².